The molecule has 0 bridgehead atoms. The lowest BCUT2D eigenvalue weighted by Gasteiger charge is -2.20. The summed E-state index contributed by atoms with van der Waals surface area (Å²) in [6.45, 7) is 12.2. The average Bonchev–Trinajstić information content (AvgIpc) is 2.67. The molecule has 0 fully saturated rings. The Bertz CT molecular complexity index is 828. The molecule has 0 saturated carbocycles. The molecule has 0 aliphatic heterocycles. The van der Waals surface area contributed by atoms with Gasteiger partial charge in [0.2, 0.25) is 0 Å². The van der Waals surface area contributed by atoms with Crippen molar-refractivity contribution in [2.24, 2.45) is 5.92 Å². The number of rotatable bonds is 6. The van der Waals surface area contributed by atoms with Crippen molar-refractivity contribution in [2.75, 3.05) is 6.61 Å². The molecule has 0 radical (unpaired) electrons. The SMILES string of the molecule is Cc1cc(C)c(C(=O)C(C(=O)OCC(C)C)c2ccccc2)c(C)c1C.O=[PH3]. The molecule has 0 aliphatic rings. The van der Waals surface area contributed by atoms with Gasteiger partial charge in [-0.1, -0.05) is 50.2 Å². The zero-order valence-corrected chi connectivity index (χ0v) is 19.1. The van der Waals surface area contributed by atoms with Crippen molar-refractivity contribution in [1.82, 2.24) is 0 Å². The summed E-state index contributed by atoms with van der Waals surface area (Å²) in [7, 11) is 0.611. The van der Waals surface area contributed by atoms with Crippen LogP contribution in [0.1, 0.15) is 57.9 Å². The third kappa shape index (κ3) is 5.65. The van der Waals surface area contributed by atoms with Gasteiger partial charge >= 0.3 is 5.97 Å². The molecule has 28 heavy (non-hydrogen) atoms. The molecule has 152 valence electrons. The number of carbonyl (C=O) groups is 2. The third-order valence-corrected chi connectivity index (χ3v) is 4.79. The van der Waals surface area contributed by atoms with Crippen LogP contribution in [0, 0.1) is 33.6 Å². The van der Waals surface area contributed by atoms with Gasteiger partial charge in [-0.25, -0.2) is 0 Å². The molecule has 0 spiro atoms. The minimum Gasteiger partial charge on any atom is -0.465 e. The van der Waals surface area contributed by atoms with E-state index in [2.05, 4.69) is 0 Å². The van der Waals surface area contributed by atoms with Crippen LogP contribution < -0.4 is 0 Å². The standard InChI is InChI=1S/C23H28O3.H3OP/c1-14(2)13-26-23(25)21(19-10-8-7-9-11-19)22(24)20-16(4)12-15(3)17(5)18(20)6;1-2/h7-12,14,21H,13H2,1-6H3;2H3. The van der Waals surface area contributed by atoms with Gasteiger partial charge < -0.3 is 9.30 Å². The largest absolute Gasteiger partial charge is 0.465 e. The minimum absolute atomic E-state index is 0.192. The molecule has 2 atom stereocenters. The smallest absolute Gasteiger partial charge is 0.321 e. The van der Waals surface area contributed by atoms with Gasteiger partial charge in [0.15, 0.2) is 5.78 Å². The van der Waals surface area contributed by atoms with Gasteiger partial charge in [-0.15, -0.1) is 0 Å². The molecule has 2 rings (SSSR count). The molecule has 0 aliphatic carbocycles. The lowest BCUT2D eigenvalue weighted by Crippen LogP contribution is -2.27. The number of esters is 1. The van der Waals surface area contributed by atoms with Gasteiger partial charge in [0.25, 0.3) is 0 Å². The van der Waals surface area contributed by atoms with E-state index in [1.54, 1.807) is 0 Å². The molecule has 2 unspecified atom stereocenters. The summed E-state index contributed by atoms with van der Waals surface area (Å²) >= 11 is 0. The summed E-state index contributed by atoms with van der Waals surface area (Å²) in [6.07, 6.45) is 0. The molecule has 0 heterocycles. The van der Waals surface area contributed by atoms with Gasteiger partial charge in [-0.2, -0.15) is 0 Å². The van der Waals surface area contributed by atoms with E-state index >= 15 is 0 Å². The van der Waals surface area contributed by atoms with Crippen LogP contribution in [0.3, 0.4) is 0 Å². The van der Waals surface area contributed by atoms with Gasteiger partial charge in [0.05, 0.1) is 15.7 Å². The first-order valence-corrected chi connectivity index (χ1v) is 9.93. The molecular formula is C23H31O4P. The fraction of sp³-hybridized carbons (Fsp3) is 0.391. The highest BCUT2D eigenvalue weighted by molar-refractivity contribution is 7.00. The van der Waals surface area contributed by atoms with E-state index in [0.717, 1.165) is 22.3 Å². The molecule has 0 amide bonds. The van der Waals surface area contributed by atoms with E-state index in [0.29, 0.717) is 26.9 Å². The Kier molecular flexibility index (Phi) is 9.34. The maximum Gasteiger partial charge on any atom is 0.321 e. The molecule has 5 heteroatoms. The second-order valence-electron chi connectivity index (χ2n) is 7.37. The first kappa shape index (κ1) is 23.8. The second kappa shape index (κ2) is 11.0. The van der Waals surface area contributed by atoms with E-state index < -0.39 is 11.9 Å². The lowest BCUT2D eigenvalue weighted by molar-refractivity contribution is -0.145. The predicted octanol–water partition coefficient (Wildman–Crippen LogP) is 5.03. The van der Waals surface area contributed by atoms with E-state index in [-0.39, 0.29) is 11.7 Å². The third-order valence-electron chi connectivity index (χ3n) is 4.79. The Hall–Kier alpha value is -2.19. The van der Waals surface area contributed by atoms with Crippen molar-refractivity contribution in [1.29, 1.82) is 0 Å². The highest BCUT2D eigenvalue weighted by atomic mass is 31.0. The Labute approximate surface area is 169 Å². The Morgan fingerprint density at radius 3 is 2.04 bits per heavy atom. The molecule has 0 aromatic heterocycles. The monoisotopic (exact) mass is 402 g/mol. The van der Waals surface area contributed by atoms with E-state index in [9.17, 15) is 9.59 Å². The van der Waals surface area contributed by atoms with Crippen molar-refractivity contribution in [3.05, 3.63) is 69.8 Å². The van der Waals surface area contributed by atoms with Crippen molar-refractivity contribution in [3.63, 3.8) is 0 Å². The fourth-order valence-corrected chi connectivity index (χ4v) is 3.18. The average molecular weight is 402 g/mol. The first-order valence-electron chi connectivity index (χ1n) is 9.36. The molecular weight excluding hydrogens is 371 g/mol. The van der Waals surface area contributed by atoms with Crippen LogP contribution >= 0.6 is 9.12 Å². The normalized spacial score (nSPS) is 11.5. The Morgan fingerprint density at radius 1 is 0.929 bits per heavy atom. The number of ketones is 1. The summed E-state index contributed by atoms with van der Waals surface area (Å²) in [6, 6.07) is 11.2. The van der Waals surface area contributed by atoms with Crippen LogP contribution in [0.2, 0.25) is 0 Å². The predicted molar refractivity (Wildman–Crippen MR) is 116 cm³/mol. The fourth-order valence-electron chi connectivity index (χ4n) is 3.18. The highest BCUT2D eigenvalue weighted by Crippen LogP contribution is 2.29. The van der Waals surface area contributed by atoms with Gasteiger partial charge in [-0.3, -0.25) is 9.59 Å². The van der Waals surface area contributed by atoms with Gasteiger partial charge in [0.1, 0.15) is 5.92 Å². The maximum absolute atomic E-state index is 13.4. The number of benzene rings is 2. The molecule has 0 saturated heterocycles. The van der Waals surface area contributed by atoms with Crippen LogP contribution in [0.4, 0.5) is 0 Å². The maximum atomic E-state index is 13.4. The molecule has 2 aromatic carbocycles. The lowest BCUT2D eigenvalue weighted by atomic mass is 9.84. The number of carbonyl (C=O) groups excluding carboxylic acids is 2. The van der Waals surface area contributed by atoms with Crippen LogP contribution in [0.25, 0.3) is 0 Å². The zero-order chi connectivity index (χ0) is 21.4. The number of hydrogen-bond donors (Lipinski definition) is 0. The van der Waals surface area contributed by atoms with E-state index in [1.165, 1.54) is 0 Å². The summed E-state index contributed by atoms with van der Waals surface area (Å²) in [5.41, 5.74) is 5.36. The summed E-state index contributed by atoms with van der Waals surface area (Å²) < 4.78 is 13.7. The van der Waals surface area contributed by atoms with E-state index in [4.69, 9.17) is 9.30 Å². The van der Waals surface area contributed by atoms with Crippen molar-refractivity contribution < 1.29 is 18.9 Å². The summed E-state index contributed by atoms with van der Waals surface area (Å²) in [4.78, 5) is 26.2. The molecule has 0 N–H and O–H groups in total. The topological polar surface area (TPSA) is 60.4 Å². The van der Waals surface area contributed by atoms with E-state index in [1.807, 2.05) is 77.9 Å². The summed E-state index contributed by atoms with van der Waals surface area (Å²) in [5, 5.41) is 0. The number of hydrogen-bond acceptors (Lipinski definition) is 4. The van der Waals surface area contributed by atoms with Gasteiger partial charge in [-0.05, 0) is 61.4 Å². The van der Waals surface area contributed by atoms with Crippen molar-refractivity contribution >= 4 is 20.9 Å². The molecule has 4 nitrogen and oxygen atoms in total. The second-order valence-corrected chi connectivity index (χ2v) is 7.37. The van der Waals surface area contributed by atoms with Crippen LogP contribution in [0.5, 0.6) is 0 Å². The Balaban J connectivity index is 0.00000190. The number of ether oxygens (including phenoxy) is 1. The first-order chi connectivity index (χ1) is 13.2. The molecule has 2 aromatic rings. The van der Waals surface area contributed by atoms with Crippen LogP contribution in [-0.2, 0) is 14.1 Å². The van der Waals surface area contributed by atoms with Crippen molar-refractivity contribution in [2.45, 2.75) is 47.5 Å². The van der Waals surface area contributed by atoms with Crippen molar-refractivity contribution in [3.8, 4) is 0 Å². The summed E-state index contributed by atoms with van der Waals surface area (Å²) in [5.74, 6) is -1.39. The van der Waals surface area contributed by atoms with Crippen LogP contribution in [0.15, 0.2) is 36.4 Å². The van der Waals surface area contributed by atoms with Gasteiger partial charge in [0, 0.05) is 5.56 Å². The Morgan fingerprint density at radius 2 is 1.50 bits per heavy atom. The highest BCUT2D eigenvalue weighted by Gasteiger charge is 2.33. The quantitative estimate of drug-likeness (QED) is 0.294. The van der Waals surface area contributed by atoms with Crippen LogP contribution in [-0.4, -0.2) is 18.4 Å². The zero-order valence-electron chi connectivity index (χ0n) is 17.7. The number of aryl methyl sites for hydroxylation is 2. The minimum atomic E-state index is -0.936. The number of Topliss-reactive ketones (excluding diaryl/α,β-unsaturated/α-hetero) is 1.